The van der Waals surface area contributed by atoms with Crippen molar-refractivity contribution in [1.29, 1.82) is 0 Å². The topological polar surface area (TPSA) is 54.3 Å². The molecular weight excluding hydrogens is 406 g/mol. The van der Waals surface area contributed by atoms with Crippen LogP contribution in [-0.2, 0) is 4.79 Å². The molecule has 1 amide bonds. The van der Waals surface area contributed by atoms with Crippen molar-refractivity contribution in [2.45, 2.75) is 44.8 Å². The molecule has 3 aromatic rings. The zero-order chi connectivity index (χ0) is 21.8. The minimum Gasteiger partial charge on any atom is -0.341 e. The van der Waals surface area contributed by atoms with Crippen LogP contribution in [0.4, 0.5) is 11.6 Å². The Hall–Kier alpha value is -2.80. The van der Waals surface area contributed by atoms with Crippen molar-refractivity contribution >= 4 is 29.3 Å². The van der Waals surface area contributed by atoms with Gasteiger partial charge in [0.05, 0.1) is 11.4 Å². The Morgan fingerprint density at radius 2 is 1.71 bits per heavy atom. The van der Waals surface area contributed by atoms with Crippen LogP contribution in [0.15, 0.2) is 59.8 Å². The maximum atomic E-state index is 13.2. The van der Waals surface area contributed by atoms with E-state index in [1.165, 1.54) is 30.2 Å². The van der Waals surface area contributed by atoms with Crippen LogP contribution in [0.3, 0.4) is 0 Å². The fourth-order valence-corrected chi connectivity index (χ4v) is 4.72. The molecule has 6 nitrogen and oxygen atoms in total. The van der Waals surface area contributed by atoms with Crippen molar-refractivity contribution < 1.29 is 4.79 Å². The Morgan fingerprint density at radius 3 is 2.35 bits per heavy atom. The number of nitrogens with zero attached hydrogens (tertiary/aromatic N) is 5. The van der Waals surface area contributed by atoms with Gasteiger partial charge in [-0.05, 0) is 57.9 Å². The Bertz CT molecular complexity index is 1010. The van der Waals surface area contributed by atoms with Crippen LogP contribution in [-0.4, -0.2) is 45.6 Å². The highest BCUT2D eigenvalue weighted by Crippen LogP contribution is 2.29. The summed E-state index contributed by atoms with van der Waals surface area (Å²) in [6.45, 7) is 8.13. The van der Waals surface area contributed by atoms with Gasteiger partial charge in [0.2, 0.25) is 11.9 Å². The number of aromatic nitrogens is 3. The maximum absolute atomic E-state index is 13.2. The van der Waals surface area contributed by atoms with Gasteiger partial charge in [-0.1, -0.05) is 47.7 Å². The van der Waals surface area contributed by atoms with Gasteiger partial charge in [0.1, 0.15) is 0 Å². The van der Waals surface area contributed by atoms with Gasteiger partial charge in [0, 0.05) is 24.8 Å². The van der Waals surface area contributed by atoms with Gasteiger partial charge in [0.15, 0.2) is 5.16 Å². The normalized spacial score (nSPS) is 13.7. The van der Waals surface area contributed by atoms with Crippen LogP contribution >= 0.6 is 11.8 Å². The van der Waals surface area contributed by atoms with E-state index < -0.39 is 0 Å². The second-order valence-corrected chi connectivity index (χ2v) is 9.07. The van der Waals surface area contributed by atoms with Gasteiger partial charge in [-0.2, -0.15) is 0 Å². The number of carbonyl (C=O) groups excluding carboxylic acids is 1. The summed E-state index contributed by atoms with van der Waals surface area (Å²) in [7, 11) is 0. The van der Waals surface area contributed by atoms with Gasteiger partial charge in [-0.3, -0.25) is 9.36 Å². The molecule has 1 fully saturated rings. The molecular formula is C24H29N5OS. The van der Waals surface area contributed by atoms with Crippen LogP contribution < -0.4 is 9.80 Å². The monoisotopic (exact) mass is 435 g/mol. The lowest BCUT2D eigenvalue weighted by Crippen LogP contribution is -2.38. The summed E-state index contributed by atoms with van der Waals surface area (Å²) in [5.74, 6) is 1.23. The highest BCUT2D eigenvalue weighted by atomic mass is 32.2. The standard InChI is InChI=1S/C24H29N5OS/c1-18(2)28(20-9-5-4-6-10-20)22(30)17-31-24-26-25-23(27-15-7-8-16-27)29(24)21-13-11-19(3)12-14-21/h4-6,9-14,18H,7-8,15-17H2,1-3H3. The molecule has 162 valence electrons. The van der Waals surface area contributed by atoms with Gasteiger partial charge in [0.25, 0.3) is 0 Å². The summed E-state index contributed by atoms with van der Waals surface area (Å²) in [5.41, 5.74) is 3.15. The molecule has 0 atom stereocenters. The third kappa shape index (κ3) is 4.77. The van der Waals surface area contributed by atoms with Crippen molar-refractivity contribution in [3.63, 3.8) is 0 Å². The summed E-state index contributed by atoms with van der Waals surface area (Å²) < 4.78 is 2.09. The third-order valence-electron chi connectivity index (χ3n) is 5.44. The maximum Gasteiger partial charge on any atom is 0.237 e. The zero-order valence-electron chi connectivity index (χ0n) is 18.4. The lowest BCUT2D eigenvalue weighted by molar-refractivity contribution is -0.116. The number of aryl methyl sites for hydroxylation is 1. The minimum atomic E-state index is 0.0624. The predicted octanol–water partition coefficient (Wildman–Crippen LogP) is 4.71. The molecule has 0 radical (unpaired) electrons. The van der Waals surface area contributed by atoms with E-state index in [2.05, 4.69) is 50.9 Å². The van der Waals surface area contributed by atoms with Gasteiger partial charge >= 0.3 is 0 Å². The summed E-state index contributed by atoms with van der Waals surface area (Å²) in [4.78, 5) is 17.3. The lowest BCUT2D eigenvalue weighted by Gasteiger charge is -2.26. The summed E-state index contributed by atoms with van der Waals surface area (Å²) in [6, 6.07) is 18.3. The quantitative estimate of drug-likeness (QED) is 0.503. The first-order valence-corrected chi connectivity index (χ1v) is 11.8. The number of hydrogen-bond acceptors (Lipinski definition) is 5. The van der Waals surface area contributed by atoms with E-state index in [1.54, 1.807) is 0 Å². The smallest absolute Gasteiger partial charge is 0.237 e. The largest absolute Gasteiger partial charge is 0.341 e. The number of benzene rings is 2. The Morgan fingerprint density at radius 1 is 1.03 bits per heavy atom. The first-order chi connectivity index (χ1) is 15.0. The highest BCUT2D eigenvalue weighted by Gasteiger charge is 2.24. The van der Waals surface area contributed by atoms with Crippen LogP contribution in [0.2, 0.25) is 0 Å². The van der Waals surface area contributed by atoms with E-state index in [0.29, 0.717) is 5.75 Å². The fraction of sp³-hybridized carbons (Fsp3) is 0.375. The second kappa shape index (κ2) is 9.56. The van der Waals surface area contributed by atoms with Gasteiger partial charge in [-0.25, -0.2) is 0 Å². The lowest BCUT2D eigenvalue weighted by atomic mass is 10.2. The number of carbonyl (C=O) groups is 1. The van der Waals surface area contributed by atoms with E-state index in [-0.39, 0.29) is 11.9 Å². The summed E-state index contributed by atoms with van der Waals surface area (Å²) >= 11 is 1.45. The number of hydrogen-bond donors (Lipinski definition) is 0. The van der Waals surface area contributed by atoms with Crippen molar-refractivity contribution in [1.82, 2.24) is 14.8 Å². The average Bonchev–Trinajstić information content (AvgIpc) is 3.43. The van der Waals surface area contributed by atoms with Gasteiger partial charge in [-0.15, -0.1) is 10.2 Å². The Kier molecular flexibility index (Phi) is 6.61. The number of anilines is 2. The van der Waals surface area contributed by atoms with Crippen LogP contribution in [0.5, 0.6) is 0 Å². The molecule has 0 N–H and O–H groups in total. The first-order valence-electron chi connectivity index (χ1n) is 10.8. The van der Waals surface area contributed by atoms with Crippen molar-refractivity contribution in [2.75, 3.05) is 28.6 Å². The molecule has 0 aliphatic carbocycles. The fourth-order valence-electron chi connectivity index (χ4n) is 3.91. The third-order valence-corrected chi connectivity index (χ3v) is 6.36. The van der Waals surface area contributed by atoms with Crippen LogP contribution in [0.1, 0.15) is 32.3 Å². The van der Waals surface area contributed by atoms with E-state index >= 15 is 0 Å². The molecule has 7 heteroatoms. The van der Waals surface area contributed by atoms with E-state index in [1.807, 2.05) is 49.1 Å². The SMILES string of the molecule is Cc1ccc(-n2c(SCC(=O)N(c3ccccc3)C(C)C)nnc2N2CCCC2)cc1. The van der Waals surface area contributed by atoms with Crippen molar-refractivity contribution in [2.24, 2.45) is 0 Å². The molecule has 1 aliphatic rings. The molecule has 31 heavy (non-hydrogen) atoms. The number of thioether (sulfide) groups is 1. The van der Waals surface area contributed by atoms with Gasteiger partial charge < -0.3 is 9.80 Å². The first kappa shape index (κ1) is 21.4. The molecule has 2 heterocycles. The molecule has 1 aromatic heterocycles. The molecule has 1 aliphatic heterocycles. The number of rotatable bonds is 7. The summed E-state index contributed by atoms with van der Waals surface area (Å²) in [6.07, 6.45) is 2.34. The molecule has 2 aromatic carbocycles. The molecule has 0 spiro atoms. The highest BCUT2D eigenvalue weighted by molar-refractivity contribution is 7.99. The zero-order valence-corrected chi connectivity index (χ0v) is 19.2. The van der Waals surface area contributed by atoms with E-state index in [4.69, 9.17) is 0 Å². The van der Waals surface area contributed by atoms with E-state index in [9.17, 15) is 4.79 Å². The molecule has 0 bridgehead atoms. The van der Waals surface area contributed by atoms with Crippen LogP contribution in [0, 0.1) is 6.92 Å². The molecule has 0 saturated carbocycles. The number of amides is 1. The molecule has 4 rings (SSSR count). The molecule has 0 unspecified atom stereocenters. The second-order valence-electron chi connectivity index (χ2n) is 8.13. The van der Waals surface area contributed by atoms with Crippen LogP contribution in [0.25, 0.3) is 5.69 Å². The predicted molar refractivity (Wildman–Crippen MR) is 127 cm³/mol. The molecule has 1 saturated heterocycles. The van der Waals surface area contributed by atoms with Crippen molar-refractivity contribution in [3.05, 3.63) is 60.2 Å². The minimum absolute atomic E-state index is 0.0624. The van der Waals surface area contributed by atoms with E-state index in [0.717, 1.165) is 35.6 Å². The average molecular weight is 436 g/mol. The number of para-hydroxylation sites is 1. The van der Waals surface area contributed by atoms with Crippen molar-refractivity contribution in [3.8, 4) is 5.69 Å². The summed E-state index contributed by atoms with van der Waals surface area (Å²) in [5, 5.41) is 9.72. The Balaban J connectivity index is 1.59. The Labute approximate surface area is 188 Å².